The van der Waals surface area contributed by atoms with Gasteiger partial charge in [0.25, 0.3) is 0 Å². The Labute approximate surface area is 181 Å². The molecular formula is C24H26N4OS. The molecule has 154 valence electrons. The first kappa shape index (κ1) is 20.4. The SMILES string of the molecule is C=CCn1c(SCC(=O)Nc2ccc(C)c(C)c2)nnc1C1CC1c1ccccc1. The summed E-state index contributed by atoms with van der Waals surface area (Å²) in [4.78, 5) is 12.4. The van der Waals surface area contributed by atoms with Crippen molar-refractivity contribution in [1.82, 2.24) is 14.8 Å². The number of thioether (sulfide) groups is 1. The number of anilines is 1. The van der Waals surface area contributed by atoms with Crippen LogP contribution in [-0.4, -0.2) is 26.4 Å². The van der Waals surface area contributed by atoms with E-state index in [0.717, 1.165) is 28.7 Å². The Morgan fingerprint density at radius 2 is 1.97 bits per heavy atom. The second-order valence-electron chi connectivity index (χ2n) is 7.74. The predicted molar refractivity (Wildman–Crippen MR) is 122 cm³/mol. The molecule has 1 saturated carbocycles. The van der Waals surface area contributed by atoms with Crippen molar-refractivity contribution in [2.24, 2.45) is 0 Å². The zero-order chi connectivity index (χ0) is 21.1. The van der Waals surface area contributed by atoms with Crippen LogP contribution >= 0.6 is 11.8 Å². The molecule has 2 atom stereocenters. The average Bonchev–Trinajstić information content (AvgIpc) is 3.44. The van der Waals surface area contributed by atoms with Gasteiger partial charge in [-0.3, -0.25) is 4.79 Å². The summed E-state index contributed by atoms with van der Waals surface area (Å²) < 4.78 is 2.09. The van der Waals surface area contributed by atoms with Crippen LogP contribution in [0, 0.1) is 13.8 Å². The van der Waals surface area contributed by atoms with Gasteiger partial charge in [0.1, 0.15) is 5.82 Å². The number of benzene rings is 2. The van der Waals surface area contributed by atoms with Gasteiger partial charge in [-0.1, -0.05) is 54.2 Å². The lowest BCUT2D eigenvalue weighted by Gasteiger charge is -2.09. The van der Waals surface area contributed by atoms with E-state index >= 15 is 0 Å². The van der Waals surface area contributed by atoms with Crippen molar-refractivity contribution in [1.29, 1.82) is 0 Å². The van der Waals surface area contributed by atoms with Crippen LogP contribution in [0.25, 0.3) is 0 Å². The van der Waals surface area contributed by atoms with E-state index in [-0.39, 0.29) is 11.7 Å². The van der Waals surface area contributed by atoms with Crippen molar-refractivity contribution in [3.8, 4) is 0 Å². The lowest BCUT2D eigenvalue weighted by atomic mass is 10.1. The number of hydrogen-bond donors (Lipinski definition) is 1. The van der Waals surface area contributed by atoms with E-state index in [0.29, 0.717) is 18.4 Å². The highest BCUT2D eigenvalue weighted by Crippen LogP contribution is 2.54. The van der Waals surface area contributed by atoms with Crippen LogP contribution in [0.5, 0.6) is 0 Å². The smallest absolute Gasteiger partial charge is 0.234 e. The summed E-state index contributed by atoms with van der Waals surface area (Å²) in [6.45, 7) is 8.62. The van der Waals surface area contributed by atoms with Crippen LogP contribution in [-0.2, 0) is 11.3 Å². The van der Waals surface area contributed by atoms with E-state index in [1.807, 2.05) is 37.3 Å². The molecule has 1 N–H and O–H groups in total. The molecule has 0 bridgehead atoms. The van der Waals surface area contributed by atoms with Gasteiger partial charge >= 0.3 is 0 Å². The minimum Gasteiger partial charge on any atom is -0.325 e. The fourth-order valence-electron chi connectivity index (χ4n) is 3.68. The average molecular weight is 419 g/mol. The molecule has 4 rings (SSSR count). The van der Waals surface area contributed by atoms with Gasteiger partial charge in [0.2, 0.25) is 5.91 Å². The fraction of sp³-hybridized carbons (Fsp3) is 0.292. The lowest BCUT2D eigenvalue weighted by molar-refractivity contribution is -0.113. The number of amides is 1. The Kier molecular flexibility index (Phi) is 6.04. The quantitative estimate of drug-likeness (QED) is 0.409. The third kappa shape index (κ3) is 4.49. The third-order valence-electron chi connectivity index (χ3n) is 5.53. The number of nitrogens with one attached hydrogen (secondary N) is 1. The van der Waals surface area contributed by atoms with E-state index in [1.54, 1.807) is 0 Å². The number of nitrogens with zero attached hydrogens (tertiary/aromatic N) is 3. The molecule has 0 spiro atoms. The largest absolute Gasteiger partial charge is 0.325 e. The molecule has 6 heteroatoms. The van der Waals surface area contributed by atoms with Crippen LogP contribution in [0.15, 0.2) is 66.3 Å². The summed E-state index contributed by atoms with van der Waals surface area (Å²) in [5, 5.41) is 12.6. The molecule has 2 aromatic carbocycles. The van der Waals surface area contributed by atoms with Crippen molar-refractivity contribution in [3.63, 3.8) is 0 Å². The van der Waals surface area contributed by atoms with Gasteiger partial charge in [-0.25, -0.2) is 0 Å². The first-order valence-corrected chi connectivity index (χ1v) is 11.1. The van der Waals surface area contributed by atoms with E-state index in [9.17, 15) is 4.79 Å². The van der Waals surface area contributed by atoms with E-state index in [1.165, 1.54) is 22.9 Å². The van der Waals surface area contributed by atoms with Gasteiger partial charge < -0.3 is 9.88 Å². The van der Waals surface area contributed by atoms with Crippen LogP contribution in [0.3, 0.4) is 0 Å². The van der Waals surface area contributed by atoms with Gasteiger partial charge in [-0.15, -0.1) is 16.8 Å². The van der Waals surface area contributed by atoms with Gasteiger partial charge in [-0.05, 0) is 55.0 Å². The minimum atomic E-state index is -0.0495. The monoisotopic (exact) mass is 418 g/mol. The van der Waals surface area contributed by atoms with Crippen molar-refractivity contribution in [2.75, 3.05) is 11.1 Å². The first-order chi connectivity index (χ1) is 14.6. The Balaban J connectivity index is 1.41. The summed E-state index contributed by atoms with van der Waals surface area (Å²) in [5.74, 6) is 2.09. The zero-order valence-electron chi connectivity index (χ0n) is 17.3. The topological polar surface area (TPSA) is 59.8 Å². The maximum atomic E-state index is 12.4. The van der Waals surface area contributed by atoms with Gasteiger partial charge in [-0.2, -0.15) is 0 Å². The zero-order valence-corrected chi connectivity index (χ0v) is 18.2. The molecule has 2 unspecified atom stereocenters. The molecule has 1 aliphatic rings. The van der Waals surface area contributed by atoms with Crippen molar-refractivity contribution in [2.45, 2.75) is 43.8 Å². The number of aryl methyl sites for hydroxylation is 2. The molecule has 1 heterocycles. The molecule has 1 aromatic heterocycles. The number of allylic oxidation sites excluding steroid dienone is 1. The Bertz CT molecular complexity index is 1060. The van der Waals surface area contributed by atoms with Crippen molar-refractivity contribution in [3.05, 3.63) is 83.7 Å². The minimum absolute atomic E-state index is 0.0495. The Hall–Kier alpha value is -2.86. The predicted octanol–water partition coefficient (Wildman–Crippen LogP) is 5.08. The second kappa shape index (κ2) is 8.88. The lowest BCUT2D eigenvalue weighted by Crippen LogP contribution is -2.15. The highest BCUT2D eigenvalue weighted by atomic mass is 32.2. The maximum Gasteiger partial charge on any atom is 0.234 e. The van der Waals surface area contributed by atoms with E-state index in [4.69, 9.17) is 0 Å². The summed E-state index contributed by atoms with van der Waals surface area (Å²) >= 11 is 1.41. The molecular weight excluding hydrogens is 392 g/mol. The van der Waals surface area contributed by atoms with Crippen molar-refractivity contribution < 1.29 is 4.79 Å². The molecule has 1 fully saturated rings. The van der Waals surface area contributed by atoms with Gasteiger partial charge in [0, 0.05) is 18.2 Å². The molecule has 1 aliphatic carbocycles. The Morgan fingerprint density at radius 3 is 2.70 bits per heavy atom. The van der Waals surface area contributed by atoms with E-state index in [2.05, 4.69) is 57.8 Å². The molecule has 30 heavy (non-hydrogen) atoms. The standard InChI is InChI=1S/C24H26N4OS/c1-4-12-28-23(21-14-20(21)18-8-6-5-7-9-18)26-27-24(28)30-15-22(29)25-19-11-10-16(2)17(3)13-19/h4-11,13,20-21H,1,12,14-15H2,2-3H3,(H,25,29). The summed E-state index contributed by atoms with van der Waals surface area (Å²) in [5.41, 5.74) is 4.53. The van der Waals surface area contributed by atoms with Crippen LogP contribution in [0.4, 0.5) is 5.69 Å². The number of aromatic nitrogens is 3. The fourth-order valence-corrected chi connectivity index (χ4v) is 4.43. The molecule has 0 saturated heterocycles. The number of hydrogen-bond acceptors (Lipinski definition) is 4. The number of carbonyl (C=O) groups excluding carboxylic acids is 1. The van der Waals surface area contributed by atoms with Crippen molar-refractivity contribution >= 4 is 23.4 Å². The van der Waals surface area contributed by atoms with Crippen LogP contribution in [0.2, 0.25) is 0 Å². The molecule has 0 aliphatic heterocycles. The maximum absolute atomic E-state index is 12.4. The van der Waals surface area contributed by atoms with Gasteiger partial charge in [0.15, 0.2) is 5.16 Å². The van der Waals surface area contributed by atoms with Crippen LogP contribution in [0.1, 0.15) is 40.8 Å². The number of carbonyl (C=O) groups is 1. The number of rotatable bonds is 8. The highest BCUT2D eigenvalue weighted by Gasteiger charge is 2.43. The summed E-state index contributed by atoms with van der Waals surface area (Å²) in [6, 6.07) is 16.5. The van der Waals surface area contributed by atoms with E-state index < -0.39 is 0 Å². The highest BCUT2D eigenvalue weighted by molar-refractivity contribution is 7.99. The molecule has 5 nitrogen and oxygen atoms in total. The Morgan fingerprint density at radius 1 is 1.17 bits per heavy atom. The normalized spacial score (nSPS) is 17.5. The van der Waals surface area contributed by atoms with Crippen LogP contribution < -0.4 is 5.32 Å². The first-order valence-electron chi connectivity index (χ1n) is 10.2. The summed E-state index contributed by atoms with van der Waals surface area (Å²) in [7, 11) is 0. The molecule has 0 radical (unpaired) electrons. The molecule has 1 amide bonds. The summed E-state index contributed by atoms with van der Waals surface area (Å²) in [6.07, 6.45) is 2.93. The molecule has 3 aromatic rings. The third-order valence-corrected chi connectivity index (χ3v) is 6.50. The second-order valence-corrected chi connectivity index (χ2v) is 8.68. The van der Waals surface area contributed by atoms with Gasteiger partial charge in [0.05, 0.1) is 5.75 Å².